The minimum atomic E-state index is -0.0789. The Morgan fingerprint density at radius 1 is 0.938 bits per heavy atom. The number of likely N-dealkylation sites (tertiary alicyclic amines) is 1. The van der Waals surface area contributed by atoms with Crippen LogP contribution in [0.1, 0.15) is 50.5 Å². The van der Waals surface area contributed by atoms with Crippen molar-refractivity contribution in [3.05, 3.63) is 71.6 Å². The first kappa shape index (κ1) is 22.8. The van der Waals surface area contributed by atoms with Gasteiger partial charge in [0.05, 0.1) is 19.8 Å². The number of ether oxygens (including phenoxy) is 1. The van der Waals surface area contributed by atoms with Crippen LogP contribution in [0.25, 0.3) is 4.85 Å². The molecular weight excluding hydrogens is 396 g/mol. The van der Waals surface area contributed by atoms with Crippen LogP contribution in [0.3, 0.4) is 0 Å². The molecule has 1 aliphatic heterocycles. The summed E-state index contributed by atoms with van der Waals surface area (Å²) >= 11 is 0. The molecule has 0 amide bonds. The average molecular weight is 433 g/mol. The van der Waals surface area contributed by atoms with E-state index in [0.717, 1.165) is 44.6 Å². The highest BCUT2D eigenvalue weighted by atomic mass is 16.5. The molecule has 1 unspecified atom stereocenters. The van der Waals surface area contributed by atoms with Gasteiger partial charge in [0.2, 0.25) is 0 Å². The van der Waals surface area contributed by atoms with Crippen molar-refractivity contribution < 1.29 is 9.84 Å². The molecule has 1 atom stereocenters. The fourth-order valence-electron chi connectivity index (χ4n) is 6.11. The lowest BCUT2D eigenvalue weighted by atomic mass is 9.59. The van der Waals surface area contributed by atoms with Crippen molar-refractivity contribution >= 4 is 5.69 Å². The minimum absolute atomic E-state index is 0.0789. The fourth-order valence-corrected chi connectivity index (χ4v) is 6.11. The van der Waals surface area contributed by atoms with Crippen LogP contribution in [0.5, 0.6) is 5.75 Å². The number of aliphatic hydroxyl groups excluding tert-OH is 1. The van der Waals surface area contributed by atoms with E-state index in [1.807, 2.05) is 12.1 Å². The molecule has 1 saturated carbocycles. The van der Waals surface area contributed by atoms with Crippen molar-refractivity contribution in [3.8, 4) is 5.75 Å². The van der Waals surface area contributed by atoms with E-state index in [1.54, 1.807) is 12.1 Å². The number of nitrogens with zero attached hydrogens (tertiary/aromatic N) is 2. The molecule has 4 heteroatoms. The summed E-state index contributed by atoms with van der Waals surface area (Å²) in [5.74, 6) is 1.99. The smallest absolute Gasteiger partial charge is 0.187 e. The topological polar surface area (TPSA) is 37.1 Å². The molecule has 4 nitrogen and oxygen atoms in total. The van der Waals surface area contributed by atoms with Gasteiger partial charge in [-0.15, -0.1) is 0 Å². The molecule has 2 fully saturated rings. The molecule has 1 aliphatic carbocycles. The Labute approximate surface area is 193 Å². The molecule has 0 radical (unpaired) electrons. The normalized spacial score (nSPS) is 20.0. The predicted octanol–water partition coefficient (Wildman–Crippen LogP) is 5.84. The van der Waals surface area contributed by atoms with E-state index in [4.69, 9.17) is 11.3 Å². The van der Waals surface area contributed by atoms with Gasteiger partial charge in [-0.05, 0) is 74.7 Å². The highest BCUT2D eigenvalue weighted by Crippen LogP contribution is 2.49. The standard InChI is InChI=1S/C28H36N2O2/c1-29-26-12-14-27(15-13-26)32-21-7-18-30-19-16-25(17-20-30)28(22-31,24-10-5-6-11-24)23-8-3-2-4-9-23/h2-4,8-9,12-15,24-25,31H,5-7,10-11,16-22H2. The van der Waals surface area contributed by atoms with Crippen LogP contribution >= 0.6 is 0 Å². The van der Waals surface area contributed by atoms with Crippen LogP contribution in [-0.2, 0) is 5.41 Å². The molecule has 1 heterocycles. The zero-order valence-corrected chi connectivity index (χ0v) is 19.1. The molecule has 2 aromatic rings. The third-order valence-corrected chi connectivity index (χ3v) is 7.83. The summed E-state index contributed by atoms with van der Waals surface area (Å²) < 4.78 is 5.85. The summed E-state index contributed by atoms with van der Waals surface area (Å²) in [7, 11) is 0. The number of benzene rings is 2. The van der Waals surface area contributed by atoms with Gasteiger partial charge in [0.25, 0.3) is 0 Å². The number of piperidine rings is 1. The van der Waals surface area contributed by atoms with Crippen LogP contribution in [0, 0.1) is 18.4 Å². The third kappa shape index (κ3) is 5.00. The lowest BCUT2D eigenvalue weighted by Crippen LogP contribution is -2.49. The number of hydrogen-bond donors (Lipinski definition) is 1. The maximum absolute atomic E-state index is 10.8. The first-order chi connectivity index (χ1) is 15.8. The third-order valence-electron chi connectivity index (χ3n) is 7.83. The second-order valence-electron chi connectivity index (χ2n) is 9.47. The van der Waals surface area contributed by atoms with Crippen LogP contribution in [0.15, 0.2) is 54.6 Å². The fraction of sp³-hybridized carbons (Fsp3) is 0.536. The Bertz CT molecular complexity index is 863. The molecule has 1 N–H and O–H groups in total. The van der Waals surface area contributed by atoms with Gasteiger partial charge in [0.1, 0.15) is 5.75 Å². The van der Waals surface area contributed by atoms with Crippen molar-refractivity contribution in [2.24, 2.45) is 11.8 Å². The highest BCUT2D eigenvalue weighted by Gasteiger charge is 2.47. The van der Waals surface area contributed by atoms with E-state index in [9.17, 15) is 5.11 Å². The van der Waals surface area contributed by atoms with Crippen LogP contribution in [0.4, 0.5) is 5.69 Å². The average Bonchev–Trinajstić information content (AvgIpc) is 3.40. The first-order valence-corrected chi connectivity index (χ1v) is 12.3. The zero-order valence-electron chi connectivity index (χ0n) is 19.1. The van der Waals surface area contributed by atoms with Crippen molar-refractivity contribution in [2.75, 3.05) is 32.8 Å². The largest absolute Gasteiger partial charge is 0.494 e. The van der Waals surface area contributed by atoms with Gasteiger partial charge in [-0.3, -0.25) is 0 Å². The second-order valence-corrected chi connectivity index (χ2v) is 9.47. The van der Waals surface area contributed by atoms with Crippen LogP contribution in [0.2, 0.25) is 0 Å². The Balaban J connectivity index is 1.30. The Kier molecular flexibility index (Phi) is 7.84. The van der Waals surface area contributed by atoms with Crippen molar-refractivity contribution in [3.63, 3.8) is 0 Å². The molecule has 32 heavy (non-hydrogen) atoms. The molecule has 2 aliphatic rings. The Hall–Kier alpha value is -2.35. The number of rotatable bonds is 9. The summed E-state index contributed by atoms with van der Waals surface area (Å²) in [4.78, 5) is 5.97. The van der Waals surface area contributed by atoms with Gasteiger partial charge >= 0.3 is 0 Å². The number of aliphatic hydroxyl groups is 1. The molecule has 1 saturated heterocycles. The van der Waals surface area contributed by atoms with Gasteiger partial charge in [-0.2, -0.15) is 0 Å². The maximum Gasteiger partial charge on any atom is 0.187 e. The Morgan fingerprint density at radius 3 is 2.22 bits per heavy atom. The summed E-state index contributed by atoms with van der Waals surface area (Å²) in [6.45, 7) is 11.2. The molecule has 0 spiro atoms. The molecule has 2 aromatic carbocycles. The van der Waals surface area contributed by atoms with Crippen LogP contribution < -0.4 is 4.74 Å². The monoisotopic (exact) mass is 432 g/mol. The Morgan fingerprint density at radius 2 is 1.59 bits per heavy atom. The van der Waals surface area contributed by atoms with Gasteiger partial charge in [-0.25, -0.2) is 4.85 Å². The van der Waals surface area contributed by atoms with Crippen molar-refractivity contribution in [2.45, 2.75) is 50.4 Å². The molecule has 0 bridgehead atoms. The summed E-state index contributed by atoms with van der Waals surface area (Å²) in [5.41, 5.74) is 1.92. The molecule has 4 rings (SSSR count). The van der Waals surface area contributed by atoms with E-state index in [-0.39, 0.29) is 12.0 Å². The first-order valence-electron chi connectivity index (χ1n) is 12.3. The molecule has 0 aromatic heterocycles. The number of hydrogen-bond acceptors (Lipinski definition) is 3. The zero-order chi connectivity index (χ0) is 22.2. The summed E-state index contributed by atoms with van der Waals surface area (Å²) in [5, 5.41) is 10.8. The lowest BCUT2D eigenvalue weighted by molar-refractivity contribution is 0.0375. The highest BCUT2D eigenvalue weighted by molar-refractivity contribution is 5.46. The van der Waals surface area contributed by atoms with Gasteiger partial charge in [0, 0.05) is 12.0 Å². The van der Waals surface area contributed by atoms with Crippen molar-refractivity contribution in [1.29, 1.82) is 0 Å². The molecular formula is C28H36N2O2. The predicted molar refractivity (Wildman–Crippen MR) is 129 cm³/mol. The SMILES string of the molecule is [C-]#[N+]c1ccc(OCCCN2CCC(C(CO)(c3ccccc3)C3CCCC3)CC2)cc1. The maximum atomic E-state index is 10.8. The quantitative estimate of drug-likeness (QED) is 0.400. The minimum Gasteiger partial charge on any atom is -0.494 e. The van der Waals surface area contributed by atoms with Crippen molar-refractivity contribution in [1.82, 2.24) is 4.90 Å². The van der Waals surface area contributed by atoms with Gasteiger partial charge in [-0.1, -0.05) is 55.3 Å². The van der Waals surface area contributed by atoms with E-state index in [1.165, 1.54) is 31.2 Å². The lowest BCUT2D eigenvalue weighted by Gasteiger charge is -2.48. The van der Waals surface area contributed by atoms with Gasteiger partial charge in [0.15, 0.2) is 5.69 Å². The van der Waals surface area contributed by atoms with E-state index < -0.39 is 0 Å². The van der Waals surface area contributed by atoms with Crippen LogP contribution in [-0.4, -0.2) is 42.9 Å². The van der Waals surface area contributed by atoms with Gasteiger partial charge < -0.3 is 14.7 Å². The molecule has 170 valence electrons. The van der Waals surface area contributed by atoms with E-state index in [0.29, 0.717) is 24.1 Å². The van der Waals surface area contributed by atoms with E-state index >= 15 is 0 Å². The summed E-state index contributed by atoms with van der Waals surface area (Å²) in [6.07, 6.45) is 8.43. The van der Waals surface area contributed by atoms with E-state index in [2.05, 4.69) is 40.1 Å². The summed E-state index contributed by atoms with van der Waals surface area (Å²) in [6, 6.07) is 18.2. The second kappa shape index (κ2) is 11.0.